The minimum atomic E-state index is -0.507. The van der Waals surface area contributed by atoms with Gasteiger partial charge in [-0.15, -0.1) is 0 Å². The van der Waals surface area contributed by atoms with Crippen LogP contribution in [0.2, 0.25) is 0 Å². The van der Waals surface area contributed by atoms with E-state index in [2.05, 4.69) is 21.9 Å². The van der Waals surface area contributed by atoms with Crippen LogP contribution in [0, 0.1) is 5.92 Å². The fourth-order valence-electron chi connectivity index (χ4n) is 5.69. The number of aromatic nitrogens is 4. The molecule has 4 heterocycles. The number of amides is 2. The second-order valence-electron chi connectivity index (χ2n) is 9.35. The minimum Gasteiger partial charge on any atom is -0.382 e. The van der Waals surface area contributed by atoms with E-state index in [9.17, 15) is 9.59 Å². The van der Waals surface area contributed by atoms with Crippen LogP contribution < -0.4 is 11.1 Å². The van der Waals surface area contributed by atoms with E-state index < -0.39 is 5.54 Å². The number of hydrogen-bond acceptors (Lipinski definition) is 6. The average molecular weight is 480 g/mol. The fraction of sp³-hybridized carbons (Fsp3) is 0.222. The van der Waals surface area contributed by atoms with Gasteiger partial charge in [0.15, 0.2) is 0 Å². The number of piperidine rings is 1. The topological polar surface area (TPSA) is 119 Å². The molecule has 9 heteroatoms. The first-order chi connectivity index (χ1) is 17.5. The van der Waals surface area contributed by atoms with E-state index >= 15 is 0 Å². The van der Waals surface area contributed by atoms with Gasteiger partial charge in [-0.3, -0.25) is 14.0 Å². The number of nitrogens with two attached hydrogens (primary N) is 1. The Morgan fingerprint density at radius 3 is 2.69 bits per heavy atom. The second kappa shape index (κ2) is 8.30. The maximum absolute atomic E-state index is 12.8. The monoisotopic (exact) mass is 479 g/mol. The molecule has 2 fully saturated rings. The van der Waals surface area contributed by atoms with Crippen molar-refractivity contribution in [3.63, 3.8) is 0 Å². The molecular formula is C27H25N7O2. The van der Waals surface area contributed by atoms with E-state index in [1.807, 2.05) is 33.7 Å². The summed E-state index contributed by atoms with van der Waals surface area (Å²) in [4.78, 5) is 40.9. The highest BCUT2D eigenvalue weighted by Crippen LogP contribution is 2.53. The molecule has 0 radical (unpaired) electrons. The molecule has 9 nitrogen and oxygen atoms in total. The summed E-state index contributed by atoms with van der Waals surface area (Å²) in [6.07, 6.45) is 9.25. The lowest BCUT2D eigenvalue weighted by molar-refractivity contribution is -0.131. The van der Waals surface area contributed by atoms with Gasteiger partial charge in [-0.2, -0.15) is 0 Å². The Kier molecular flexibility index (Phi) is 5.06. The summed E-state index contributed by atoms with van der Waals surface area (Å²) < 4.78 is 1.97. The van der Waals surface area contributed by atoms with Gasteiger partial charge < -0.3 is 16.0 Å². The van der Waals surface area contributed by atoms with E-state index in [1.165, 1.54) is 6.08 Å². The Hall–Kier alpha value is -4.53. The lowest BCUT2D eigenvalue weighted by Crippen LogP contribution is -2.46. The third-order valence-corrected chi connectivity index (χ3v) is 7.32. The molecule has 1 aliphatic heterocycles. The van der Waals surface area contributed by atoms with E-state index in [0.29, 0.717) is 40.9 Å². The van der Waals surface area contributed by atoms with Crippen molar-refractivity contribution in [2.24, 2.45) is 5.92 Å². The Bertz CT molecular complexity index is 1500. The van der Waals surface area contributed by atoms with Crippen molar-refractivity contribution in [2.45, 2.75) is 24.8 Å². The molecule has 2 atom stereocenters. The zero-order chi connectivity index (χ0) is 24.9. The van der Waals surface area contributed by atoms with Crippen LogP contribution in [-0.4, -0.2) is 42.6 Å². The Balaban J connectivity index is 1.41. The summed E-state index contributed by atoms with van der Waals surface area (Å²) >= 11 is 0. The van der Waals surface area contributed by atoms with Crippen molar-refractivity contribution in [3.05, 3.63) is 85.1 Å². The molecule has 4 aromatic rings. The third-order valence-electron chi connectivity index (χ3n) is 7.32. The number of benzene rings is 1. The number of pyridine rings is 1. The molecule has 2 unspecified atom stereocenters. The van der Waals surface area contributed by atoms with Crippen molar-refractivity contribution in [1.82, 2.24) is 24.3 Å². The van der Waals surface area contributed by atoms with Crippen molar-refractivity contribution >= 4 is 29.0 Å². The van der Waals surface area contributed by atoms with Crippen LogP contribution in [0.25, 0.3) is 16.8 Å². The number of carbonyl (C=O) groups excluding carboxylic acids is 2. The first-order valence-electron chi connectivity index (χ1n) is 11.9. The summed E-state index contributed by atoms with van der Waals surface area (Å²) in [5.41, 5.74) is 8.50. The van der Waals surface area contributed by atoms with Crippen LogP contribution in [0.4, 0.5) is 11.6 Å². The molecule has 3 N–H and O–H groups in total. The fourth-order valence-corrected chi connectivity index (χ4v) is 5.69. The third kappa shape index (κ3) is 3.35. The van der Waals surface area contributed by atoms with Gasteiger partial charge in [0, 0.05) is 36.3 Å². The summed E-state index contributed by atoms with van der Waals surface area (Å²) in [6.45, 7) is 4.41. The molecule has 2 aliphatic rings. The van der Waals surface area contributed by atoms with Gasteiger partial charge in [0.2, 0.25) is 5.91 Å². The number of anilines is 2. The molecule has 6 rings (SSSR count). The van der Waals surface area contributed by atoms with E-state index in [-0.39, 0.29) is 11.8 Å². The van der Waals surface area contributed by atoms with E-state index in [4.69, 9.17) is 10.7 Å². The van der Waals surface area contributed by atoms with Crippen molar-refractivity contribution in [2.75, 3.05) is 17.6 Å². The zero-order valence-electron chi connectivity index (χ0n) is 19.6. The van der Waals surface area contributed by atoms with Crippen molar-refractivity contribution < 1.29 is 9.59 Å². The highest BCUT2D eigenvalue weighted by Gasteiger charge is 2.55. The van der Waals surface area contributed by atoms with E-state index in [1.54, 1.807) is 36.7 Å². The Morgan fingerprint density at radius 2 is 1.97 bits per heavy atom. The molecule has 3 aromatic heterocycles. The van der Waals surface area contributed by atoms with Gasteiger partial charge in [-0.1, -0.05) is 24.8 Å². The highest BCUT2D eigenvalue weighted by atomic mass is 16.2. The molecule has 1 saturated carbocycles. The summed E-state index contributed by atoms with van der Waals surface area (Å²) in [7, 11) is 0. The van der Waals surface area contributed by atoms with Crippen LogP contribution in [0.15, 0.2) is 73.7 Å². The molecule has 1 saturated heterocycles. The number of fused-ring (bicyclic) bond motifs is 3. The number of imidazole rings is 1. The van der Waals surface area contributed by atoms with Crippen LogP contribution >= 0.6 is 0 Å². The Labute approximate surface area is 207 Å². The number of likely N-dealkylation sites (tertiary alicyclic amines) is 1. The number of carbonyl (C=O) groups is 2. The molecule has 1 aromatic carbocycles. The number of nitrogens with one attached hydrogen (secondary N) is 1. The van der Waals surface area contributed by atoms with Crippen LogP contribution in [0.5, 0.6) is 0 Å². The average Bonchev–Trinajstić information content (AvgIpc) is 3.61. The first-order valence-corrected chi connectivity index (χ1v) is 11.9. The molecular weight excluding hydrogens is 454 g/mol. The van der Waals surface area contributed by atoms with Gasteiger partial charge in [0.25, 0.3) is 5.91 Å². The number of nitrogens with zero attached hydrogens (tertiary/aromatic N) is 5. The number of nitrogen functional groups attached to an aromatic ring is 1. The second-order valence-corrected chi connectivity index (χ2v) is 9.35. The summed E-state index contributed by atoms with van der Waals surface area (Å²) in [6, 6.07) is 12.5. The SMILES string of the molecule is C=CC(=O)N1CC2CCC1(c1nc(-c3ccc(C(=O)Nc4ccccn4)cc3)c3c(N)nccn13)C2. The molecule has 2 bridgehead atoms. The summed E-state index contributed by atoms with van der Waals surface area (Å²) in [5.74, 6) is 1.74. The van der Waals surface area contributed by atoms with Crippen LogP contribution in [0.1, 0.15) is 35.4 Å². The lowest BCUT2D eigenvalue weighted by Gasteiger charge is -2.37. The van der Waals surface area contributed by atoms with E-state index in [0.717, 1.165) is 30.7 Å². The molecule has 1 aliphatic carbocycles. The largest absolute Gasteiger partial charge is 0.382 e. The maximum atomic E-state index is 12.8. The van der Waals surface area contributed by atoms with Crippen LogP contribution in [-0.2, 0) is 10.3 Å². The van der Waals surface area contributed by atoms with Gasteiger partial charge in [0.1, 0.15) is 34.2 Å². The predicted molar refractivity (Wildman–Crippen MR) is 136 cm³/mol. The molecule has 36 heavy (non-hydrogen) atoms. The predicted octanol–water partition coefficient (Wildman–Crippen LogP) is 3.65. The quantitative estimate of drug-likeness (QED) is 0.422. The van der Waals surface area contributed by atoms with Gasteiger partial charge in [-0.05, 0) is 55.5 Å². The van der Waals surface area contributed by atoms with Gasteiger partial charge in [-0.25, -0.2) is 15.0 Å². The van der Waals surface area contributed by atoms with Crippen LogP contribution in [0.3, 0.4) is 0 Å². The van der Waals surface area contributed by atoms with Gasteiger partial charge in [0.05, 0.1) is 0 Å². The van der Waals surface area contributed by atoms with Crippen molar-refractivity contribution in [1.29, 1.82) is 0 Å². The number of hydrogen-bond donors (Lipinski definition) is 2. The number of rotatable bonds is 5. The normalized spacial score (nSPS) is 20.6. The summed E-state index contributed by atoms with van der Waals surface area (Å²) in [5, 5.41) is 2.79. The minimum absolute atomic E-state index is 0.0826. The molecule has 0 spiro atoms. The first kappa shape index (κ1) is 22.0. The molecule has 180 valence electrons. The highest BCUT2D eigenvalue weighted by molar-refractivity contribution is 6.04. The Morgan fingerprint density at radius 1 is 1.14 bits per heavy atom. The van der Waals surface area contributed by atoms with Gasteiger partial charge >= 0.3 is 0 Å². The smallest absolute Gasteiger partial charge is 0.256 e. The zero-order valence-corrected chi connectivity index (χ0v) is 19.6. The van der Waals surface area contributed by atoms with Crippen molar-refractivity contribution in [3.8, 4) is 11.3 Å². The maximum Gasteiger partial charge on any atom is 0.256 e. The standard InChI is InChI=1S/C27H25N7O2/c1-2-21(35)34-16-17-10-11-27(34,15-17)26-32-22(23-24(28)30-13-14-33(23)26)18-6-8-19(9-7-18)25(36)31-20-5-3-4-12-29-20/h2-9,12-14,17H,1,10-11,15-16H2,(H2,28,30)(H,29,31,36). The lowest BCUT2D eigenvalue weighted by atomic mass is 9.95. The molecule has 2 amide bonds.